The van der Waals surface area contributed by atoms with Crippen molar-refractivity contribution in [1.29, 1.82) is 0 Å². The van der Waals surface area contributed by atoms with Crippen LogP contribution in [0.3, 0.4) is 0 Å². The van der Waals surface area contributed by atoms with Gasteiger partial charge in [-0.3, -0.25) is 0 Å². The van der Waals surface area contributed by atoms with E-state index in [-0.39, 0.29) is 21.1 Å². The molecule has 46 valence electrons. The zero-order chi connectivity index (χ0) is 5.41. The average Bonchev–Trinajstić information content (AvgIpc) is 1.72. The molecule has 0 fully saturated rings. The summed E-state index contributed by atoms with van der Waals surface area (Å²) in [7, 11) is 0. The van der Waals surface area contributed by atoms with E-state index in [1.807, 2.05) is 20.8 Å². The molecule has 0 unspecified atom stereocenters. The fourth-order valence-corrected chi connectivity index (χ4v) is 0. The summed E-state index contributed by atoms with van der Waals surface area (Å²) < 4.78 is 0. The fourth-order valence-electron chi connectivity index (χ4n) is 0. The third-order valence-corrected chi connectivity index (χ3v) is 0.250. The molecule has 0 rings (SSSR count). The van der Waals surface area contributed by atoms with Crippen molar-refractivity contribution < 1.29 is 21.1 Å². The van der Waals surface area contributed by atoms with Crippen LogP contribution in [0.1, 0.15) is 27.2 Å². The summed E-state index contributed by atoms with van der Waals surface area (Å²) in [6.45, 7) is 6.56. The molecule has 0 atom stereocenters. The van der Waals surface area contributed by atoms with E-state index in [2.05, 4.69) is 0 Å². The Balaban J connectivity index is -0.0000000480. The molecule has 0 aliphatic heterocycles. The summed E-state index contributed by atoms with van der Waals surface area (Å²) in [6.07, 6.45) is 0.986. The molecule has 1 nitrogen and oxygen atoms in total. The van der Waals surface area contributed by atoms with Crippen LogP contribution in [0.25, 0.3) is 5.73 Å². The molecular formula is C5H14NW-. The van der Waals surface area contributed by atoms with Crippen LogP contribution in [-0.2, 0) is 21.1 Å². The zero-order valence-corrected chi connectivity index (χ0v) is 8.26. The van der Waals surface area contributed by atoms with E-state index in [0.717, 1.165) is 6.42 Å². The van der Waals surface area contributed by atoms with Gasteiger partial charge in [0.2, 0.25) is 0 Å². The summed E-state index contributed by atoms with van der Waals surface area (Å²) in [5, 5.41) is 0. The van der Waals surface area contributed by atoms with E-state index >= 15 is 0 Å². The van der Waals surface area contributed by atoms with Gasteiger partial charge in [-0.05, 0) is 0 Å². The van der Waals surface area contributed by atoms with Gasteiger partial charge in [-0.1, -0.05) is 27.2 Å². The van der Waals surface area contributed by atoms with Gasteiger partial charge in [0.05, 0.1) is 0 Å². The van der Waals surface area contributed by atoms with E-state index in [1.165, 1.54) is 0 Å². The minimum absolute atomic E-state index is 0. The van der Waals surface area contributed by atoms with Gasteiger partial charge in [0, 0.05) is 21.1 Å². The second kappa shape index (κ2) is 30.2. The van der Waals surface area contributed by atoms with E-state index in [0.29, 0.717) is 6.54 Å². The van der Waals surface area contributed by atoms with Crippen LogP contribution in [0.5, 0.6) is 0 Å². The van der Waals surface area contributed by atoms with Crippen molar-refractivity contribution in [2.75, 3.05) is 6.54 Å². The van der Waals surface area contributed by atoms with Crippen molar-refractivity contribution in [3.63, 3.8) is 0 Å². The smallest absolute Gasteiger partial charge is 0 e. The second-order valence-corrected chi connectivity index (χ2v) is 0.750. The van der Waals surface area contributed by atoms with Crippen LogP contribution in [0.4, 0.5) is 0 Å². The van der Waals surface area contributed by atoms with Crippen LogP contribution in [-0.4, -0.2) is 6.54 Å². The summed E-state index contributed by atoms with van der Waals surface area (Å²) in [5.41, 5.74) is 6.45. The quantitative estimate of drug-likeness (QED) is 0.700. The van der Waals surface area contributed by atoms with Crippen LogP contribution in [0.15, 0.2) is 0 Å². The number of hydrogen-bond donors (Lipinski definition) is 0. The Morgan fingerprint density at radius 1 is 1.29 bits per heavy atom. The first kappa shape index (κ1) is 15.6. The molecular weight excluding hydrogens is 258 g/mol. The third kappa shape index (κ3) is 52.9. The molecule has 0 spiro atoms. The first-order chi connectivity index (χ1) is 2.91. The monoisotopic (exact) mass is 272 g/mol. The Morgan fingerprint density at radius 2 is 1.43 bits per heavy atom. The van der Waals surface area contributed by atoms with Gasteiger partial charge >= 0.3 is 0 Å². The molecule has 0 aromatic rings. The summed E-state index contributed by atoms with van der Waals surface area (Å²) >= 11 is 0. The van der Waals surface area contributed by atoms with E-state index in [9.17, 15) is 0 Å². The van der Waals surface area contributed by atoms with Gasteiger partial charge < -0.3 is 5.73 Å². The predicted octanol–water partition coefficient (Wildman–Crippen LogP) is 2.47. The summed E-state index contributed by atoms with van der Waals surface area (Å²) in [6, 6.07) is 0. The zero-order valence-electron chi connectivity index (χ0n) is 5.32. The molecule has 0 saturated heterocycles. The largest absolute Gasteiger partial charge is 0.677 e. The maximum atomic E-state index is 6.45. The van der Waals surface area contributed by atoms with Crippen molar-refractivity contribution in [3.05, 3.63) is 5.73 Å². The normalized spacial score (nSPS) is 5.14. The van der Waals surface area contributed by atoms with Gasteiger partial charge in [0.1, 0.15) is 0 Å². The summed E-state index contributed by atoms with van der Waals surface area (Å²) in [4.78, 5) is 0. The maximum Gasteiger partial charge on any atom is 0 e. The molecule has 2 heteroatoms. The van der Waals surface area contributed by atoms with Crippen molar-refractivity contribution in [3.8, 4) is 0 Å². The molecule has 0 aliphatic rings. The molecule has 1 N–H and O–H groups in total. The van der Waals surface area contributed by atoms with Gasteiger partial charge in [-0.15, -0.1) is 0 Å². The number of hydrogen-bond acceptors (Lipinski definition) is 0. The van der Waals surface area contributed by atoms with Gasteiger partial charge in [-0.25, -0.2) is 0 Å². The Hall–Kier alpha value is 0.648. The molecule has 0 heterocycles. The Labute approximate surface area is 60.9 Å². The molecule has 0 aromatic carbocycles. The van der Waals surface area contributed by atoms with E-state index < -0.39 is 0 Å². The maximum absolute atomic E-state index is 6.45. The Morgan fingerprint density at radius 3 is 1.43 bits per heavy atom. The average molecular weight is 272 g/mol. The minimum Gasteiger partial charge on any atom is -0.677 e. The molecule has 0 bridgehead atoms. The van der Waals surface area contributed by atoms with Crippen LogP contribution >= 0.6 is 0 Å². The van der Waals surface area contributed by atoms with Crippen LogP contribution in [0, 0.1) is 0 Å². The third-order valence-electron chi connectivity index (χ3n) is 0.250. The summed E-state index contributed by atoms with van der Waals surface area (Å²) in [5.74, 6) is 0. The molecule has 0 saturated carbocycles. The topological polar surface area (TPSA) is 23.8 Å². The number of rotatable bonds is 1. The van der Waals surface area contributed by atoms with Crippen molar-refractivity contribution >= 4 is 0 Å². The molecule has 0 radical (unpaired) electrons. The van der Waals surface area contributed by atoms with E-state index in [1.54, 1.807) is 0 Å². The molecule has 0 aromatic heterocycles. The molecule has 7 heavy (non-hydrogen) atoms. The van der Waals surface area contributed by atoms with E-state index in [4.69, 9.17) is 5.73 Å². The Bertz CT molecular complexity index is 10.0. The van der Waals surface area contributed by atoms with Crippen molar-refractivity contribution in [1.82, 2.24) is 0 Å². The molecule has 0 aliphatic carbocycles. The standard InChI is InChI=1S/C3H8N.C2H6.W/c1-2-3-4;1-2;/h4H,2-3H2,1H3;1-2H3;/q-1;;. The van der Waals surface area contributed by atoms with Gasteiger partial charge in [0.25, 0.3) is 0 Å². The number of nitrogens with one attached hydrogen (secondary N) is 1. The fraction of sp³-hybridized carbons (Fsp3) is 1.00. The van der Waals surface area contributed by atoms with Crippen molar-refractivity contribution in [2.24, 2.45) is 0 Å². The first-order valence-electron chi connectivity index (χ1n) is 2.56. The first-order valence-corrected chi connectivity index (χ1v) is 2.56. The van der Waals surface area contributed by atoms with Crippen molar-refractivity contribution in [2.45, 2.75) is 27.2 Å². The Kier molecular flexibility index (Phi) is 67.6. The van der Waals surface area contributed by atoms with Gasteiger partial charge in [0.15, 0.2) is 0 Å². The second-order valence-electron chi connectivity index (χ2n) is 0.750. The van der Waals surface area contributed by atoms with Gasteiger partial charge in [-0.2, -0.15) is 6.54 Å². The SMILES string of the molecule is CC.CCC[NH-].[W]. The molecule has 0 amide bonds. The minimum atomic E-state index is 0. The van der Waals surface area contributed by atoms with Crippen LogP contribution in [0.2, 0.25) is 0 Å². The predicted molar refractivity (Wildman–Crippen MR) is 30.8 cm³/mol. The van der Waals surface area contributed by atoms with Crippen LogP contribution < -0.4 is 0 Å².